The summed E-state index contributed by atoms with van der Waals surface area (Å²) in [6.07, 6.45) is 19.8. The van der Waals surface area contributed by atoms with Crippen LogP contribution in [0.3, 0.4) is 0 Å². The fourth-order valence-corrected chi connectivity index (χ4v) is 5.19. The number of allylic oxidation sites excluding steroid dienone is 1. The molecule has 0 aliphatic heterocycles. The van der Waals surface area contributed by atoms with Crippen molar-refractivity contribution in [3.05, 3.63) is 11.8 Å². The third-order valence-corrected chi connectivity index (χ3v) is 7.17. The van der Waals surface area contributed by atoms with Gasteiger partial charge in [0.05, 0.1) is 8.07 Å². The highest BCUT2D eigenvalue weighted by atomic mass is 28.3. The summed E-state index contributed by atoms with van der Waals surface area (Å²) in [5.41, 5.74) is 2.49. The molecule has 0 aromatic rings. The van der Waals surface area contributed by atoms with Gasteiger partial charge in [0.2, 0.25) is 0 Å². The van der Waals surface area contributed by atoms with E-state index < -0.39 is 8.07 Å². The molecular weight excluding hydrogens is 256 g/mol. The van der Waals surface area contributed by atoms with E-state index in [0.29, 0.717) is 0 Å². The van der Waals surface area contributed by atoms with Crippen molar-refractivity contribution in [3.8, 4) is 0 Å². The highest BCUT2D eigenvalue weighted by molar-refractivity contribution is 6.82. The van der Waals surface area contributed by atoms with E-state index >= 15 is 0 Å². The summed E-state index contributed by atoms with van der Waals surface area (Å²) < 4.78 is 0. The first-order chi connectivity index (χ1) is 9.62. The molecule has 0 aliphatic carbocycles. The monoisotopic (exact) mass is 296 g/mol. The molecule has 0 unspecified atom stereocenters. The summed E-state index contributed by atoms with van der Waals surface area (Å²) in [5, 5.41) is 0. The average Bonchev–Trinajstić information content (AvgIpc) is 2.40. The van der Waals surface area contributed by atoms with Gasteiger partial charge in [-0.1, -0.05) is 115 Å². The summed E-state index contributed by atoms with van der Waals surface area (Å²) in [6, 6.07) is 1.48. The zero-order valence-corrected chi connectivity index (χ0v) is 15.8. The van der Waals surface area contributed by atoms with E-state index in [1.807, 2.05) is 0 Å². The second kappa shape index (κ2) is 13.9. The largest absolute Gasteiger partial charge is 0.0989 e. The van der Waals surface area contributed by atoms with Crippen molar-refractivity contribution in [2.45, 2.75) is 110 Å². The highest BCUT2D eigenvalue weighted by Gasteiger charge is 2.14. The Morgan fingerprint density at radius 3 is 1.45 bits per heavy atom. The van der Waals surface area contributed by atoms with Gasteiger partial charge in [0, 0.05) is 0 Å². The average molecular weight is 297 g/mol. The van der Waals surface area contributed by atoms with Crippen molar-refractivity contribution in [1.29, 1.82) is 0 Å². The number of hydrogen-bond donors (Lipinski definition) is 0. The summed E-state index contributed by atoms with van der Waals surface area (Å²) in [7, 11) is -0.981. The van der Waals surface area contributed by atoms with Crippen molar-refractivity contribution in [3.63, 3.8) is 0 Å². The summed E-state index contributed by atoms with van der Waals surface area (Å²) >= 11 is 0. The molecule has 0 aromatic heterocycles. The van der Waals surface area contributed by atoms with Gasteiger partial charge in [-0.15, -0.1) is 0 Å². The van der Waals surface area contributed by atoms with Gasteiger partial charge in [0.15, 0.2) is 0 Å². The van der Waals surface area contributed by atoms with Crippen molar-refractivity contribution >= 4 is 8.07 Å². The van der Waals surface area contributed by atoms with Crippen molar-refractivity contribution in [1.82, 2.24) is 0 Å². The lowest BCUT2D eigenvalue weighted by atomic mass is 10.1. The number of hydrogen-bond acceptors (Lipinski definition) is 0. The summed E-state index contributed by atoms with van der Waals surface area (Å²) in [6.45, 7) is 9.44. The molecule has 1 heteroatoms. The Morgan fingerprint density at radius 1 is 0.650 bits per heavy atom. The maximum Gasteiger partial charge on any atom is 0.0713 e. The van der Waals surface area contributed by atoms with E-state index in [2.05, 4.69) is 38.7 Å². The molecule has 0 saturated carbocycles. The zero-order valence-electron chi connectivity index (χ0n) is 14.8. The lowest BCUT2D eigenvalue weighted by Gasteiger charge is -2.17. The Hall–Kier alpha value is -0.0431. The molecule has 0 amide bonds. The smallest absolute Gasteiger partial charge is 0.0713 e. The Bertz CT molecular complexity index is 218. The normalized spacial score (nSPS) is 12.4. The first kappa shape index (κ1) is 20.0. The lowest BCUT2D eigenvalue weighted by molar-refractivity contribution is 0.547. The minimum atomic E-state index is -0.981. The van der Waals surface area contributed by atoms with Crippen LogP contribution in [0.15, 0.2) is 11.8 Å². The van der Waals surface area contributed by atoms with Crippen LogP contribution >= 0.6 is 0 Å². The maximum absolute atomic E-state index is 2.49. The van der Waals surface area contributed by atoms with Crippen LogP contribution in [-0.4, -0.2) is 8.07 Å². The van der Waals surface area contributed by atoms with Crippen LogP contribution in [0, 0.1) is 0 Å². The molecule has 0 bridgehead atoms. The molecule has 0 saturated heterocycles. The second-order valence-corrected chi connectivity index (χ2v) is 11.9. The van der Waals surface area contributed by atoms with Gasteiger partial charge >= 0.3 is 0 Å². The van der Waals surface area contributed by atoms with E-state index in [-0.39, 0.29) is 0 Å². The van der Waals surface area contributed by atoms with Crippen LogP contribution in [-0.2, 0) is 0 Å². The van der Waals surface area contributed by atoms with E-state index in [9.17, 15) is 0 Å². The zero-order chi connectivity index (χ0) is 15.1. The third-order valence-electron chi connectivity index (χ3n) is 4.29. The standard InChI is InChI=1S/C19H40Si/c1-5-7-8-9-10-11-12-13-14-15-16-17-19-20(3,4)18-6-2/h6,18H,5,7-17,19H2,1-4H3. The van der Waals surface area contributed by atoms with Gasteiger partial charge in [0.1, 0.15) is 0 Å². The third kappa shape index (κ3) is 14.4. The van der Waals surface area contributed by atoms with E-state index in [1.165, 1.54) is 83.1 Å². The Balaban J connectivity index is 3.17. The molecule has 20 heavy (non-hydrogen) atoms. The molecular formula is C19H40Si. The minimum absolute atomic E-state index is 0.981. The van der Waals surface area contributed by atoms with Crippen LogP contribution < -0.4 is 0 Å². The van der Waals surface area contributed by atoms with Crippen LogP contribution in [0.25, 0.3) is 0 Å². The molecule has 120 valence electrons. The second-order valence-electron chi connectivity index (χ2n) is 7.13. The molecule has 0 spiro atoms. The number of unbranched alkanes of at least 4 members (excludes halogenated alkanes) is 11. The highest BCUT2D eigenvalue weighted by Crippen LogP contribution is 2.18. The van der Waals surface area contributed by atoms with Crippen molar-refractivity contribution < 1.29 is 0 Å². The summed E-state index contributed by atoms with van der Waals surface area (Å²) in [4.78, 5) is 0. The molecule has 0 atom stereocenters. The molecule has 0 radical (unpaired) electrons. The fraction of sp³-hybridized carbons (Fsp3) is 0.895. The predicted octanol–water partition coefficient (Wildman–Crippen LogP) is 7.51. The van der Waals surface area contributed by atoms with Gasteiger partial charge in [-0.3, -0.25) is 0 Å². The molecule has 0 heterocycles. The van der Waals surface area contributed by atoms with Crippen molar-refractivity contribution in [2.75, 3.05) is 0 Å². The van der Waals surface area contributed by atoms with Crippen LogP contribution in [0.4, 0.5) is 0 Å². The fourth-order valence-electron chi connectivity index (χ4n) is 2.96. The Kier molecular flexibility index (Phi) is 13.9. The van der Waals surface area contributed by atoms with Crippen LogP contribution in [0.1, 0.15) is 90.9 Å². The van der Waals surface area contributed by atoms with E-state index in [0.717, 1.165) is 0 Å². The summed E-state index contributed by atoms with van der Waals surface area (Å²) in [5.74, 6) is 0. The SMILES string of the molecule is CC=C[Si](C)(C)CCCCCCCCCCCCCC. The first-order valence-electron chi connectivity index (χ1n) is 9.26. The molecule has 0 fully saturated rings. The van der Waals surface area contributed by atoms with Gasteiger partial charge in [-0.2, -0.15) is 0 Å². The van der Waals surface area contributed by atoms with Gasteiger partial charge < -0.3 is 0 Å². The minimum Gasteiger partial charge on any atom is -0.0989 e. The van der Waals surface area contributed by atoms with E-state index in [1.54, 1.807) is 0 Å². The predicted molar refractivity (Wildman–Crippen MR) is 98.2 cm³/mol. The van der Waals surface area contributed by atoms with Gasteiger partial charge in [-0.05, 0) is 6.92 Å². The van der Waals surface area contributed by atoms with Gasteiger partial charge in [0.25, 0.3) is 0 Å². The first-order valence-corrected chi connectivity index (χ1v) is 12.5. The molecule has 0 aliphatic rings. The van der Waals surface area contributed by atoms with Gasteiger partial charge in [-0.25, -0.2) is 0 Å². The van der Waals surface area contributed by atoms with Crippen molar-refractivity contribution in [2.24, 2.45) is 0 Å². The number of rotatable bonds is 14. The molecule has 0 N–H and O–H groups in total. The van der Waals surface area contributed by atoms with Crippen LogP contribution in [0.2, 0.25) is 19.1 Å². The van der Waals surface area contributed by atoms with Crippen LogP contribution in [0.5, 0.6) is 0 Å². The lowest BCUT2D eigenvalue weighted by Crippen LogP contribution is -2.21. The molecule has 0 nitrogen and oxygen atoms in total. The van der Waals surface area contributed by atoms with E-state index in [4.69, 9.17) is 0 Å². The Morgan fingerprint density at radius 2 is 1.05 bits per heavy atom. The molecule has 0 aromatic carbocycles. The quantitative estimate of drug-likeness (QED) is 0.230. The maximum atomic E-state index is 2.49. The Labute approximate surface area is 130 Å². The topological polar surface area (TPSA) is 0 Å². The molecule has 0 rings (SSSR count).